The lowest BCUT2D eigenvalue weighted by Gasteiger charge is -2.15. The summed E-state index contributed by atoms with van der Waals surface area (Å²) in [6, 6.07) is 59.3. The number of rotatable bonds is 4. The first-order chi connectivity index (χ1) is 25.7. The Bertz CT molecular complexity index is 3190. The maximum absolute atomic E-state index is 6.52. The molecule has 0 radical (unpaired) electrons. The maximum atomic E-state index is 6.52. The summed E-state index contributed by atoms with van der Waals surface area (Å²) in [7, 11) is 0. The zero-order valence-electron chi connectivity index (χ0n) is 27.9. The molecule has 8 aromatic carbocycles. The zero-order valence-corrected chi connectivity index (χ0v) is 27.9. The number of nitrogens with zero attached hydrogens (tertiary/aromatic N) is 4. The third kappa shape index (κ3) is 4.46. The molecular weight excluding hydrogens is 637 g/mol. The number of para-hydroxylation sites is 2. The molecule has 3 heterocycles. The van der Waals surface area contributed by atoms with Gasteiger partial charge in [0.2, 0.25) is 0 Å². The Labute approximate surface area is 298 Å². The van der Waals surface area contributed by atoms with Gasteiger partial charge in [-0.1, -0.05) is 127 Å². The van der Waals surface area contributed by atoms with Crippen LogP contribution in [0.3, 0.4) is 0 Å². The lowest BCUT2D eigenvalue weighted by Crippen LogP contribution is -2.04. The Morgan fingerprint density at radius 3 is 1.83 bits per heavy atom. The summed E-state index contributed by atoms with van der Waals surface area (Å²) in [6.07, 6.45) is 0. The summed E-state index contributed by atoms with van der Waals surface area (Å²) >= 11 is 0. The Balaban J connectivity index is 1.26. The van der Waals surface area contributed by atoms with Crippen molar-refractivity contribution in [1.82, 2.24) is 19.5 Å². The molecule has 0 atom stereocenters. The molecule has 0 saturated carbocycles. The van der Waals surface area contributed by atoms with Gasteiger partial charge < -0.3 is 8.98 Å². The molecule has 0 aliphatic rings. The molecule has 3 aromatic heterocycles. The number of fused-ring (bicyclic) bond motifs is 8. The van der Waals surface area contributed by atoms with E-state index < -0.39 is 0 Å². The Morgan fingerprint density at radius 1 is 0.365 bits per heavy atom. The third-order valence-electron chi connectivity index (χ3n) is 10.2. The second kappa shape index (κ2) is 11.2. The van der Waals surface area contributed by atoms with Gasteiger partial charge >= 0.3 is 0 Å². The van der Waals surface area contributed by atoms with Gasteiger partial charge in [0.05, 0.1) is 16.7 Å². The monoisotopic (exact) mass is 664 g/mol. The number of hydrogen-bond acceptors (Lipinski definition) is 4. The molecule has 11 aromatic rings. The molecule has 0 saturated heterocycles. The molecule has 242 valence electrons. The minimum absolute atomic E-state index is 0.570. The Hall–Kier alpha value is -7.11. The van der Waals surface area contributed by atoms with Crippen molar-refractivity contribution in [3.63, 3.8) is 0 Å². The van der Waals surface area contributed by atoms with Gasteiger partial charge in [-0.25, -0.2) is 15.0 Å². The van der Waals surface area contributed by atoms with Crippen molar-refractivity contribution < 1.29 is 4.42 Å². The molecule has 52 heavy (non-hydrogen) atoms. The number of furan rings is 1. The van der Waals surface area contributed by atoms with Gasteiger partial charge in [-0.2, -0.15) is 0 Å². The van der Waals surface area contributed by atoms with Gasteiger partial charge in [0, 0.05) is 38.2 Å². The van der Waals surface area contributed by atoms with Crippen molar-refractivity contribution >= 4 is 65.3 Å². The van der Waals surface area contributed by atoms with E-state index in [1.165, 1.54) is 26.9 Å². The average Bonchev–Trinajstić information content (AvgIpc) is 3.74. The van der Waals surface area contributed by atoms with E-state index in [9.17, 15) is 0 Å². The minimum Gasteiger partial charge on any atom is -0.456 e. The highest BCUT2D eigenvalue weighted by atomic mass is 16.3. The SMILES string of the molecule is c1ccc(-c2nc(-c3ccc4ccccc4c3)nc(-c3cc4oc5ccccc5c4cc3-n3c4ccccc4c4cc5ccccc5cc43)n2)cc1. The molecule has 0 bridgehead atoms. The fourth-order valence-electron chi connectivity index (χ4n) is 7.71. The summed E-state index contributed by atoms with van der Waals surface area (Å²) < 4.78 is 8.89. The predicted octanol–water partition coefficient (Wildman–Crippen LogP) is 12.2. The highest BCUT2D eigenvalue weighted by Gasteiger charge is 2.22. The highest BCUT2D eigenvalue weighted by Crippen LogP contribution is 2.41. The van der Waals surface area contributed by atoms with E-state index in [1.807, 2.05) is 42.5 Å². The van der Waals surface area contributed by atoms with Crippen LogP contribution in [0.2, 0.25) is 0 Å². The van der Waals surface area contributed by atoms with Crippen LogP contribution >= 0.6 is 0 Å². The van der Waals surface area contributed by atoms with Crippen LogP contribution in [0.4, 0.5) is 0 Å². The number of hydrogen-bond donors (Lipinski definition) is 0. The molecule has 0 aliphatic heterocycles. The first-order valence-corrected chi connectivity index (χ1v) is 17.4. The fraction of sp³-hybridized carbons (Fsp3) is 0. The average molecular weight is 665 g/mol. The fourth-order valence-corrected chi connectivity index (χ4v) is 7.71. The third-order valence-corrected chi connectivity index (χ3v) is 10.2. The van der Waals surface area contributed by atoms with E-state index in [0.717, 1.165) is 60.7 Å². The molecule has 0 amide bonds. The molecular formula is C47H28N4O. The van der Waals surface area contributed by atoms with Crippen LogP contribution in [0.5, 0.6) is 0 Å². The van der Waals surface area contributed by atoms with E-state index in [0.29, 0.717) is 17.5 Å². The van der Waals surface area contributed by atoms with Crippen LogP contribution in [0.25, 0.3) is 105 Å². The second-order valence-corrected chi connectivity index (χ2v) is 13.3. The highest BCUT2D eigenvalue weighted by molar-refractivity contribution is 6.15. The van der Waals surface area contributed by atoms with Crippen LogP contribution in [0.1, 0.15) is 0 Å². The Kier molecular flexibility index (Phi) is 6.18. The molecule has 0 unspecified atom stereocenters. The van der Waals surface area contributed by atoms with Crippen molar-refractivity contribution in [3.05, 3.63) is 170 Å². The summed E-state index contributed by atoms with van der Waals surface area (Å²) in [5.74, 6) is 1.79. The van der Waals surface area contributed by atoms with Crippen molar-refractivity contribution in [2.75, 3.05) is 0 Å². The summed E-state index contributed by atoms with van der Waals surface area (Å²) in [5, 5.41) is 9.16. The maximum Gasteiger partial charge on any atom is 0.166 e. The topological polar surface area (TPSA) is 56.7 Å². The number of aromatic nitrogens is 4. The van der Waals surface area contributed by atoms with Crippen LogP contribution < -0.4 is 0 Å². The lowest BCUT2D eigenvalue weighted by molar-refractivity contribution is 0.669. The standard InChI is InChI=1S/C47H28N4O/c1-2-13-30(14-3-1)45-48-46(34-23-22-29-12-4-5-15-31(29)24-34)50-47(49-45)39-28-44-38(36-19-9-11-21-43(36)52-44)27-42(39)51-40-20-10-8-18-35(40)37-25-32-16-6-7-17-33(32)26-41(37)51/h1-28H. The van der Waals surface area contributed by atoms with Crippen molar-refractivity contribution in [2.45, 2.75) is 0 Å². The van der Waals surface area contributed by atoms with E-state index in [4.69, 9.17) is 19.4 Å². The zero-order chi connectivity index (χ0) is 34.2. The van der Waals surface area contributed by atoms with Crippen molar-refractivity contribution in [3.8, 4) is 39.9 Å². The molecule has 0 fully saturated rings. The van der Waals surface area contributed by atoms with E-state index in [-0.39, 0.29) is 0 Å². The van der Waals surface area contributed by atoms with Gasteiger partial charge in [-0.3, -0.25) is 0 Å². The van der Waals surface area contributed by atoms with Gasteiger partial charge in [0.25, 0.3) is 0 Å². The quantitative estimate of drug-likeness (QED) is 0.188. The summed E-state index contributed by atoms with van der Waals surface area (Å²) in [6.45, 7) is 0. The van der Waals surface area contributed by atoms with Crippen LogP contribution in [0.15, 0.2) is 174 Å². The van der Waals surface area contributed by atoms with E-state index >= 15 is 0 Å². The summed E-state index contributed by atoms with van der Waals surface area (Å²) in [5.41, 5.74) is 7.50. The van der Waals surface area contributed by atoms with Crippen molar-refractivity contribution in [1.29, 1.82) is 0 Å². The molecule has 0 aliphatic carbocycles. The van der Waals surface area contributed by atoms with Crippen LogP contribution in [-0.4, -0.2) is 19.5 Å². The molecule has 11 rings (SSSR count). The van der Waals surface area contributed by atoms with E-state index in [2.05, 4.69) is 132 Å². The van der Waals surface area contributed by atoms with Gasteiger partial charge in [0.15, 0.2) is 17.5 Å². The van der Waals surface area contributed by atoms with Crippen LogP contribution in [-0.2, 0) is 0 Å². The summed E-state index contributed by atoms with van der Waals surface area (Å²) in [4.78, 5) is 15.6. The second-order valence-electron chi connectivity index (χ2n) is 13.3. The lowest BCUT2D eigenvalue weighted by atomic mass is 10.0. The first-order valence-electron chi connectivity index (χ1n) is 17.4. The largest absolute Gasteiger partial charge is 0.456 e. The molecule has 5 nitrogen and oxygen atoms in total. The molecule has 5 heteroatoms. The van der Waals surface area contributed by atoms with Gasteiger partial charge in [-0.05, 0) is 64.0 Å². The van der Waals surface area contributed by atoms with Gasteiger partial charge in [-0.15, -0.1) is 0 Å². The Morgan fingerprint density at radius 2 is 1.00 bits per heavy atom. The van der Waals surface area contributed by atoms with Crippen LogP contribution in [0, 0.1) is 0 Å². The molecule has 0 N–H and O–H groups in total. The van der Waals surface area contributed by atoms with E-state index in [1.54, 1.807) is 0 Å². The molecule has 0 spiro atoms. The van der Waals surface area contributed by atoms with Crippen molar-refractivity contribution in [2.24, 2.45) is 0 Å². The normalized spacial score (nSPS) is 11.8. The predicted molar refractivity (Wildman–Crippen MR) is 213 cm³/mol. The smallest absolute Gasteiger partial charge is 0.166 e. The van der Waals surface area contributed by atoms with Gasteiger partial charge in [0.1, 0.15) is 11.2 Å². The minimum atomic E-state index is 0.570. The first kappa shape index (κ1) is 28.7. The number of benzene rings is 8.